The van der Waals surface area contributed by atoms with Gasteiger partial charge in [-0.05, 0) is 33.1 Å². The summed E-state index contributed by atoms with van der Waals surface area (Å²) < 4.78 is 12.9. The molecular formula is C18H34IN5O3. The van der Waals surface area contributed by atoms with E-state index in [4.69, 9.17) is 9.47 Å². The average Bonchev–Trinajstić information content (AvgIpc) is 3.27. The Hall–Kier alpha value is -0.910. The molecule has 0 aliphatic carbocycles. The summed E-state index contributed by atoms with van der Waals surface area (Å²) in [6.07, 6.45) is 6.88. The highest BCUT2D eigenvalue weighted by atomic mass is 127. The van der Waals surface area contributed by atoms with Crippen molar-refractivity contribution in [2.75, 3.05) is 39.5 Å². The Morgan fingerprint density at radius 2 is 2.33 bits per heavy atom. The number of aliphatic imine (C=N–C) groups is 1. The van der Waals surface area contributed by atoms with Crippen molar-refractivity contribution in [1.82, 2.24) is 20.4 Å². The lowest BCUT2D eigenvalue weighted by Gasteiger charge is -2.20. The first-order valence-corrected chi connectivity index (χ1v) is 9.44. The van der Waals surface area contributed by atoms with Gasteiger partial charge in [-0.25, -0.2) is 4.99 Å². The monoisotopic (exact) mass is 495 g/mol. The van der Waals surface area contributed by atoms with E-state index in [-0.39, 0.29) is 36.6 Å². The third kappa shape index (κ3) is 8.75. The molecule has 1 aliphatic rings. The van der Waals surface area contributed by atoms with Gasteiger partial charge in [-0.2, -0.15) is 5.10 Å². The van der Waals surface area contributed by atoms with E-state index in [1.165, 1.54) is 0 Å². The molecule has 0 saturated carbocycles. The van der Waals surface area contributed by atoms with Crippen LogP contribution in [-0.4, -0.2) is 66.4 Å². The van der Waals surface area contributed by atoms with Crippen molar-refractivity contribution >= 4 is 29.9 Å². The Morgan fingerprint density at radius 1 is 1.52 bits per heavy atom. The van der Waals surface area contributed by atoms with Crippen molar-refractivity contribution < 1.29 is 14.6 Å². The molecule has 0 bridgehead atoms. The summed E-state index contributed by atoms with van der Waals surface area (Å²) in [5, 5.41) is 21.2. The summed E-state index contributed by atoms with van der Waals surface area (Å²) in [5.74, 6) is 0.691. The molecule has 2 unspecified atom stereocenters. The minimum Gasteiger partial charge on any atom is -0.383 e. The van der Waals surface area contributed by atoms with Crippen molar-refractivity contribution in [3.8, 4) is 0 Å². The lowest BCUT2D eigenvalue weighted by molar-refractivity contribution is 0.0168. The van der Waals surface area contributed by atoms with Crippen LogP contribution in [0.5, 0.6) is 0 Å². The molecule has 1 fully saturated rings. The van der Waals surface area contributed by atoms with E-state index in [9.17, 15) is 5.11 Å². The summed E-state index contributed by atoms with van der Waals surface area (Å²) in [6, 6.07) is 0. The Labute approximate surface area is 179 Å². The van der Waals surface area contributed by atoms with E-state index in [0.29, 0.717) is 19.2 Å². The normalized spacial score (nSPS) is 19.4. The second-order valence-electron chi connectivity index (χ2n) is 6.86. The van der Waals surface area contributed by atoms with Crippen LogP contribution in [0.1, 0.15) is 38.7 Å². The van der Waals surface area contributed by atoms with Crippen LogP contribution < -0.4 is 10.6 Å². The van der Waals surface area contributed by atoms with Crippen LogP contribution in [-0.2, 0) is 22.1 Å². The lowest BCUT2D eigenvalue weighted by atomic mass is 10.0. The van der Waals surface area contributed by atoms with E-state index >= 15 is 0 Å². The van der Waals surface area contributed by atoms with Crippen LogP contribution in [0.2, 0.25) is 0 Å². The molecular weight excluding hydrogens is 461 g/mol. The fraction of sp³-hybridized carbons (Fsp3) is 0.778. The zero-order valence-electron chi connectivity index (χ0n) is 16.6. The van der Waals surface area contributed by atoms with Gasteiger partial charge < -0.3 is 25.2 Å². The van der Waals surface area contributed by atoms with Crippen LogP contribution in [0.15, 0.2) is 17.4 Å². The number of hydrogen-bond donors (Lipinski definition) is 3. The van der Waals surface area contributed by atoms with Crippen molar-refractivity contribution in [2.45, 2.75) is 44.8 Å². The van der Waals surface area contributed by atoms with Crippen LogP contribution in [0.25, 0.3) is 0 Å². The van der Waals surface area contributed by atoms with E-state index in [2.05, 4.69) is 20.7 Å². The Kier molecular flexibility index (Phi) is 11.2. The summed E-state index contributed by atoms with van der Waals surface area (Å²) in [5.41, 5.74) is -0.303. The molecule has 0 amide bonds. The molecule has 27 heavy (non-hydrogen) atoms. The zero-order chi connectivity index (χ0) is 18.8. The summed E-state index contributed by atoms with van der Waals surface area (Å²) >= 11 is 0. The molecule has 1 aromatic rings. The molecule has 3 N–H and O–H groups in total. The predicted molar refractivity (Wildman–Crippen MR) is 117 cm³/mol. The number of hydrogen-bond acceptors (Lipinski definition) is 5. The molecule has 1 aromatic heterocycles. The standard InChI is InChI=1S/C18H33N5O3.HI/c1-4-19-17(20-8-6-9-25-13-16-7-5-10-26-16)21-14-18(2,24)15-11-22-23(3)12-15;/h11-12,16,24H,4-10,13-14H2,1-3H3,(H2,19,20,21);1H. The maximum Gasteiger partial charge on any atom is 0.191 e. The fourth-order valence-corrected chi connectivity index (χ4v) is 2.74. The number of aliphatic hydroxyl groups is 1. The number of nitrogens with one attached hydrogen (secondary N) is 2. The minimum absolute atomic E-state index is 0. The number of aryl methyl sites for hydroxylation is 1. The van der Waals surface area contributed by atoms with Crippen LogP contribution in [0.3, 0.4) is 0 Å². The van der Waals surface area contributed by atoms with Crippen LogP contribution in [0.4, 0.5) is 0 Å². The Bertz CT molecular complexity index is 559. The number of guanidine groups is 1. The van der Waals surface area contributed by atoms with Crippen molar-refractivity contribution in [1.29, 1.82) is 0 Å². The van der Waals surface area contributed by atoms with Gasteiger partial charge in [0.1, 0.15) is 5.60 Å². The first-order valence-electron chi connectivity index (χ1n) is 9.44. The SMILES string of the molecule is CCNC(=NCC(C)(O)c1cnn(C)c1)NCCCOCC1CCCO1.I. The summed E-state index contributed by atoms with van der Waals surface area (Å²) in [7, 11) is 1.83. The van der Waals surface area contributed by atoms with Gasteiger partial charge in [0.25, 0.3) is 0 Å². The quantitative estimate of drug-likeness (QED) is 0.197. The van der Waals surface area contributed by atoms with E-state index < -0.39 is 5.60 Å². The third-order valence-corrected chi connectivity index (χ3v) is 4.30. The number of halogens is 1. The number of rotatable bonds is 10. The molecule has 2 rings (SSSR count). The molecule has 1 aliphatic heterocycles. The number of ether oxygens (including phenoxy) is 2. The first-order chi connectivity index (χ1) is 12.5. The lowest BCUT2D eigenvalue weighted by Crippen LogP contribution is -2.39. The van der Waals surface area contributed by atoms with Crippen molar-refractivity contribution in [3.63, 3.8) is 0 Å². The Morgan fingerprint density at radius 3 is 2.96 bits per heavy atom. The molecule has 8 nitrogen and oxygen atoms in total. The van der Waals surface area contributed by atoms with Gasteiger partial charge >= 0.3 is 0 Å². The molecule has 0 radical (unpaired) electrons. The second-order valence-corrected chi connectivity index (χ2v) is 6.86. The van der Waals surface area contributed by atoms with Crippen LogP contribution >= 0.6 is 24.0 Å². The van der Waals surface area contributed by atoms with Gasteiger partial charge in [-0.3, -0.25) is 4.68 Å². The third-order valence-electron chi connectivity index (χ3n) is 4.30. The second kappa shape index (κ2) is 12.5. The van der Waals surface area contributed by atoms with E-state index in [1.54, 1.807) is 24.0 Å². The topological polar surface area (TPSA) is 92.9 Å². The summed E-state index contributed by atoms with van der Waals surface area (Å²) in [6.45, 7) is 7.77. The van der Waals surface area contributed by atoms with Gasteiger partial charge in [0.15, 0.2) is 5.96 Å². The molecule has 1 saturated heterocycles. The highest BCUT2D eigenvalue weighted by molar-refractivity contribution is 14.0. The van der Waals surface area contributed by atoms with Gasteiger partial charge in [0.2, 0.25) is 0 Å². The van der Waals surface area contributed by atoms with Crippen molar-refractivity contribution in [2.24, 2.45) is 12.0 Å². The smallest absolute Gasteiger partial charge is 0.191 e. The van der Waals surface area contributed by atoms with E-state index in [0.717, 1.165) is 44.5 Å². The van der Waals surface area contributed by atoms with Gasteiger partial charge in [-0.1, -0.05) is 0 Å². The van der Waals surface area contributed by atoms with Gasteiger partial charge in [-0.15, -0.1) is 24.0 Å². The molecule has 0 spiro atoms. The fourth-order valence-electron chi connectivity index (χ4n) is 2.74. The van der Waals surface area contributed by atoms with Gasteiger partial charge in [0.05, 0.1) is 25.5 Å². The molecule has 2 atom stereocenters. The molecule has 9 heteroatoms. The largest absolute Gasteiger partial charge is 0.383 e. The summed E-state index contributed by atoms with van der Waals surface area (Å²) in [4.78, 5) is 4.50. The predicted octanol–water partition coefficient (Wildman–Crippen LogP) is 1.39. The number of aromatic nitrogens is 2. The average molecular weight is 495 g/mol. The molecule has 2 heterocycles. The van der Waals surface area contributed by atoms with E-state index in [1.807, 2.05) is 14.0 Å². The zero-order valence-corrected chi connectivity index (χ0v) is 18.9. The van der Waals surface area contributed by atoms with Gasteiger partial charge in [0, 0.05) is 45.1 Å². The first kappa shape index (κ1) is 24.1. The highest BCUT2D eigenvalue weighted by Crippen LogP contribution is 2.19. The number of nitrogens with zero attached hydrogens (tertiary/aromatic N) is 3. The highest BCUT2D eigenvalue weighted by Gasteiger charge is 2.24. The van der Waals surface area contributed by atoms with Crippen LogP contribution in [0, 0.1) is 0 Å². The molecule has 0 aromatic carbocycles. The van der Waals surface area contributed by atoms with Crippen molar-refractivity contribution in [3.05, 3.63) is 18.0 Å². The Balaban J connectivity index is 0.00000364. The maximum absolute atomic E-state index is 10.6. The minimum atomic E-state index is -1.05. The molecule has 156 valence electrons. The maximum atomic E-state index is 10.6.